The number of aliphatic hydroxyl groups excluding tert-OH is 1. The van der Waals surface area contributed by atoms with E-state index in [1.807, 2.05) is 0 Å². The molecule has 0 aliphatic heterocycles. The van der Waals surface area contributed by atoms with Gasteiger partial charge in [0.25, 0.3) is 0 Å². The Bertz CT molecular complexity index is 175. The van der Waals surface area contributed by atoms with E-state index >= 15 is 0 Å². The first-order chi connectivity index (χ1) is 10.8. The monoisotopic (exact) mass is 323 g/mol. The fraction of sp³-hybridized carbons (Fsp3) is 1.00. The van der Waals surface area contributed by atoms with Crippen molar-refractivity contribution >= 4 is 0 Å². The van der Waals surface area contributed by atoms with Crippen LogP contribution in [0.5, 0.6) is 0 Å². The Morgan fingerprint density at radius 3 is 1.50 bits per heavy atom. The third-order valence-electron chi connectivity index (χ3n) is 2.97. The number of ether oxygens (including phenoxy) is 5. The van der Waals surface area contributed by atoms with Gasteiger partial charge in [-0.05, 0) is 6.42 Å². The maximum Gasteiger partial charge on any atom is 0.0700 e. The molecule has 0 aliphatic carbocycles. The van der Waals surface area contributed by atoms with Gasteiger partial charge in [-0.15, -0.1) is 0 Å². The molecule has 1 N–H and O–H groups in total. The molecule has 0 aliphatic rings. The largest absolute Gasteiger partial charge is 0.396 e. The van der Waals surface area contributed by atoms with Gasteiger partial charge in [-0.3, -0.25) is 4.90 Å². The summed E-state index contributed by atoms with van der Waals surface area (Å²) in [6.45, 7) is 7.70. The Kier molecular flexibility index (Phi) is 18.5. The molecule has 0 amide bonds. The molecule has 134 valence electrons. The fourth-order valence-electron chi connectivity index (χ4n) is 1.67. The van der Waals surface area contributed by atoms with Crippen molar-refractivity contribution in [2.75, 3.05) is 93.3 Å². The maximum atomic E-state index is 8.70. The van der Waals surface area contributed by atoms with Crippen LogP contribution in [0.4, 0.5) is 0 Å². The van der Waals surface area contributed by atoms with Crippen LogP contribution in [-0.4, -0.2) is 103 Å². The molecule has 0 atom stereocenters. The summed E-state index contributed by atoms with van der Waals surface area (Å²) in [6.07, 6.45) is 0.681. The Balaban J connectivity index is 3.72. The first-order valence-electron chi connectivity index (χ1n) is 7.89. The van der Waals surface area contributed by atoms with Crippen molar-refractivity contribution in [1.29, 1.82) is 0 Å². The van der Waals surface area contributed by atoms with E-state index in [1.54, 1.807) is 14.2 Å². The van der Waals surface area contributed by atoms with Gasteiger partial charge in [0.1, 0.15) is 0 Å². The van der Waals surface area contributed by atoms with Crippen LogP contribution in [0.25, 0.3) is 0 Å². The van der Waals surface area contributed by atoms with Crippen LogP contribution in [0, 0.1) is 0 Å². The van der Waals surface area contributed by atoms with Gasteiger partial charge in [0.15, 0.2) is 0 Å². The standard InChI is InChI=1S/C15H33NO6/c1-18-12-14-21-10-5-16(4-9-20-8-3-7-17)6-11-22-15-13-19-2/h17H,3-15H2,1-2H3. The summed E-state index contributed by atoms with van der Waals surface area (Å²) in [5.74, 6) is 0. The van der Waals surface area contributed by atoms with Crippen LogP contribution in [0.15, 0.2) is 0 Å². The quantitative estimate of drug-likeness (QED) is 0.356. The third kappa shape index (κ3) is 16.1. The molecule has 22 heavy (non-hydrogen) atoms. The average Bonchev–Trinajstić information content (AvgIpc) is 2.53. The van der Waals surface area contributed by atoms with E-state index < -0.39 is 0 Å². The molecule has 0 aromatic carbocycles. The van der Waals surface area contributed by atoms with Gasteiger partial charge < -0.3 is 28.8 Å². The molecule has 0 bridgehead atoms. The van der Waals surface area contributed by atoms with E-state index in [0.29, 0.717) is 59.3 Å². The zero-order chi connectivity index (χ0) is 16.3. The highest BCUT2D eigenvalue weighted by Crippen LogP contribution is 1.92. The molecule has 0 fully saturated rings. The highest BCUT2D eigenvalue weighted by Gasteiger charge is 2.05. The molecule has 0 saturated carbocycles. The highest BCUT2D eigenvalue weighted by atomic mass is 16.5. The number of methoxy groups -OCH3 is 2. The molecular formula is C15H33NO6. The second kappa shape index (κ2) is 18.8. The van der Waals surface area contributed by atoms with Gasteiger partial charge in [-0.1, -0.05) is 0 Å². The molecule has 0 spiro atoms. The van der Waals surface area contributed by atoms with E-state index in [9.17, 15) is 0 Å². The molecule has 0 radical (unpaired) electrons. The number of nitrogens with zero attached hydrogens (tertiary/aromatic N) is 1. The summed E-state index contributed by atoms with van der Waals surface area (Å²) < 4.78 is 26.3. The van der Waals surface area contributed by atoms with Crippen molar-refractivity contribution in [3.05, 3.63) is 0 Å². The highest BCUT2D eigenvalue weighted by molar-refractivity contribution is 4.57. The zero-order valence-corrected chi connectivity index (χ0v) is 14.1. The number of hydrogen-bond donors (Lipinski definition) is 1. The first-order valence-corrected chi connectivity index (χ1v) is 7.89. The average molecular weight is 323 g/mol. The first kappa shape index (κ1) is 21.7. The maximum absolute atomic E-state index is 8.70. The van der Waals surface area contributed by atoms with Crippen LogP contribution in [0.3, 0.4) is 0 Å². The molecule has 0 aromatic rings. The van der Waals surface area contributed by atoms with Crippen LogP contribution >= 0.6 is 0 Å². The van der Waals surface area contributed by atoms with E-state index in [1.165, 1.54) is 0 Å². The molecule has 0 rings (SSSR count). The van der Waals surface area contributed by atoms with Gasteiger partial charge >= 0.3 is 0 Å². The smallest absolute Gasteiger partial charge is 0.0700 e. The van der Waals surface area contributed by atoms with E-state index in [-0.39, 0.29) is 6.61 Å². The summed E-state index contributed by atoms with van der Waals surface area (Å²) in [5.41, 5.74) is 0. The number of hydrogen-bond acceptors (Lipinski definition) is 7. The molecule has 0 heterocycles. The summed E-state index contributed by atoms with van der Waals surface area (Å²) >= 11 is 0. The Morgan fingerprint density at radius 1 is 0.636 bits per heavy atom. The Hall–Kier alpha value is -0.280. The summed E-state index contributed by atoms with van der Waals surface area (Å²) in [4.78, 5) is 2.25. The predicted molar refractivity (Wildman–Crippen MR) is 84.4 cm³/mol. The van der Waals surface area contributed by atoms with Gasteiger partial charge in [0.05, 0.1) is 46.2 Å². The number of rotatable bonds is 18. The van der Waals surface area contributed by atoms with Gasteiger partial charge in [0.2, 0.25) is 0 Å². The number of aliphatic hydroxyl groups is 1. The molecule has 7 nitrogen and oxygen atoms in total. The van der Waals surface area contributed by atoms with Crippen LogP contribution in [-0.2, 0) is 23.7 Å². The Labute approximate surface area is 134 Å². The van der Waals surface area contributed by atoms with E-state index in [2.05, 4.69) is 4.90 Å². The lowest BCUT2D eigenvalue weighted by atomic mass is 10.4. The second-order valence-electron chi connectivity index (χ2n) is 4.74. The lowest BCUT2D eigenvalue weighted by molar-refractivity contribution is 0.0276. The van der Waals surface area contributed by atoms with Crippen molar-refractivity contribution < 1.29 is 28.8 Å². The molecular weight excluding hydrogens is 290 g/mol. The van der Waals surface area contributed by atoms with Gasteiger partial charge in [-0.2, -0.15) is 0 Å². The minimum atomic E-state index is 0.171. The van der Waals surface area contributed by atoms with Crippen molar-refractivity contribution in [3.63, 3.8) is 0 Å². The minimum absolute atomic E-state index is 0.171. The van der Waals surface area contributed by atoms with Crippen LogP contribution in [0.2, 0.25) is 0 Å². The molecule has 7 heteroatoms. The summed E-state index contributed by atoms with van der Waals surface area (Å²) in [5, 5.41) is 8.70. The van der Waals surface area contributed by atoms with Gasteiger partial charge in [0, 0.05) is 47.1 Å². The van der Waals surface area contributed by atoms with Crippen LogP contribution in [0.1, 0.15) is 6.42 Å². The fourth-order valence-corrected chi connectivity index (χ4v) is 1.67. The topological polar surface area (TPSA) is 69.6 Å². The molecule has 0 aromatic heterocycles. The third-order valence-corrected chi connectivity index (χ3v) is 2.97. The summed E-state index contributed by atoms with van der Waals surface area (Å²) in [7, 11) is 3.33. The van der Waals surface area contributed by atoms with E-state index in [0.717, 1.165) is 19.6 Å². The normalized spacial score (nSPS) is 11.5. The van der Waals surface area contributed by atoms with E-state index in [4.69, 9.17) is 28.8 Å². The zero-order valence-electron chi connectivity index (χ0n) is 14.1. The molecule has 0 saturated heterocycles. The summed E-state index contributed by atoms with van der Waals surface area (Å²) in [6, 6.07) is 0. The minimum Gasteiger partial charge on any atom is -0.396 e. The van der Waals surface area contributed by atoms with Gasteiger partial charge in [-0.25, -0.2) is 0 Å². The lowest BCUT2D eigenvalue weighted by Gasteiger charge is -2.22. The predicted octanol–water partition coefficient (Wildman–Crippen LogP) is 0.0134. The van der Waals surface area contributed by atoms with Crippen molar-refractivity contribution in [2.45, 2.75) is 6.42 Å². The second-order valence-corrected chi connectivity index (χ2v) is 4.74. The van der Waals surface area contributed by atoms with Crippen LogP contribution < -0.4 is 0 Å². The lowest BCUT2D eigenvalue weighted by Crippen LogP contribution is -2.34. The van der Waals surface area contributed by atoms with Crippen molar-refractivity contribution in [1.82, 2.24) is 4.90 Å². The molecule has 0 unspecified atom stereocenters. The van der Waals surface area contributed by atoms with Crippen molar-refractivity contribution in [3.8, 4) is 0 Å². The Morgan fingerprint density at radius 2 is 1.09 bits per heavy atom. The SMILES string of the molecule is COCCOCCN(CCOCCCO)CCOCCOC. The van der Waals surface area contributed by atoms with Crippen molar-refractivity contribution in [2.24, 2.45) is 0 Å².